The van der Waals surface area contributed by atoms with Gasteiger partial charge in [-0.1, -0.05) is 84.9 Å². The van der Waals surface area contributed by atoms with E-state index in [9.17, 15) is 0 Å². The number of hydrogen-bond acceptors (Lipinski definition) is 3. The van der Waals surface area contributed by atoms with E-state index in [1.54, 1.807) is 0 Å². The molecule has 0 unspecified atom stereocenters. The first-order valence-corrected chi connectivity index (χ1v) is 16.9. The fourth-order valence-corrected chi connectivity index (χ4v) is 7.93. The topological polar surface area (TPSA) is 34.5 Å². The summed E-state index contributed by atoms with van der Waals surface area (Å²) in [6.07, 6.45) is 0. The molecule has 0 saturated carbocycles. The van der Waals surface area contributed by atoms with Gasteiger partial charge in [0.05, 0.1) is 11.0 Å². The Morgan fingerprint density at radius 2 is 0.880 bits per heavy atom. The molecule has 50 heavy (non-hydrogen) atoms. The van der Waals surface area contributed by atoms with Crippen molar-refractivity contribution in [3.05, 3.63) is 170 Å². The van der Waals surface area contributed by atoms with Gasteiger partial charge in [0.15, 0.2) is 0 Å². The van der Waals surface area contributed by atoms with E-state index < -0.39 is 0 Å². The van der Waals surface area contributed by atoms with Crippen molar-refractivity contribution in [1.29, 1.82) is 0 Å². The Morgan fingerprint density at radius 3 is 1.56 bits per heavy atom. The van der Waals surface area contributed by atoms with Crippen molar-refractivity contribution in [2.24, 2.45) is 0 Å². The van der Waals surface area contributed by atoms with Gasteiger partial charge in [0.1, 0.15) is 22.3 Å². The van der Waals surface area contributed by atoms with Gasteiger partial charge in [-0.15, -0.1) is 0 Å². The van der Waals surface area contributed by atoms with Crippen molar-refractivity contribution in [2.45, 2.75) is 0 Å². The van der Waals surface area contributed by atoms with Gasteiger partial charge in [-0.2, -0.15) is 0 Å². The highest BCUT2D eigenvalue weighted by atomic mass is 16.3. The van der Waals surface area contributed by atoms with Gasteiger partial charge in [-0.3, -0.25) is 0 Å². The molecule has 0 aliphatic heterocycles. The summed E-state index contributed by atoms with van der Waals surface area (Å²) in [7, 11) is 0. The van der Waals surface area contributed by atoms with Crippen molar-refractivity contribution in [3.63, 3.8) is 0 Å². The van der Waals surface area contributed by atoms with Gasteiger partial charge in [-0.05, 0) is 83.6 Å². The number of anilines is 3. The molecule has 3 heterocycles. The summed E-state index contributed by atoms with van der Waals surface area (Å²) < 4.78 is 15.2. The molecule has 0 bridgehead atoms. The van der Waals surface area contributed by atoms with Crippen molar-refractivity contribution in [3.8, 4) is 5.69 Å². The molecule has 0 spiro atoms. The third kappa shape index (κ3) is 3.93. The molecule has 0 atom stereocenters. The average molecular weight is 641 g/mol. The number of fused-ring (bicyclic) bond motifs is 11. The molecule has 0 amide bonds. The zero-order chi connectivity index (χ0) is 32.8. The summed E-state index contributed by atoms with van der Waals surface area (Å²) in [5.74, 6) is 0. The molecule has 3 aromatic heterocycles. The van der Waals surface area contributed by atoms with Crippen LogP contribution in [0.2, 0.25) is 0 Å². The van der Waals surface area contributed by atoms with E-state index in [0.717, 1.165) is 72.1 Å². The fraction of sp³-hybridized carbons (Fsp3) is 0. The molecule has 0 N–H and O–H groups in total. The van der Waals surface area contributed by atoms with E-state index in [1.807, 2.05) is 24.3 Å². The average Bonchev–Trinajstić information content (AvgIpc) is 3.84. The first-order valence-electron chi connectivity index (χ1n) is 16.9. The number of aromatic nitrogens is 1. The highest BCUT2D eigenvalue weighted by molar-refractivity contribution is 6.22. The third-order valence-corrected chi connectivity index (χ3v) is 10.2. The summed E-state index contributed by atoms with van der Waals surface area (Å²) >= 11 is 0. The van der Waals surface area contributed by atoms with Gasteiger partial charge in [0, 0.05) is 67.2 Å². The van der Waals surface area contributed by atoms with Crippen LogP contribution in [-0.4, -0.2) is 4.57 Å². The second kappa shape index (κ2) is 10.4. The zero-order valence-corrected chi connectivity index (χ0v) is 26.9. The number of nitrogens with zero attached hydrogens (tertiary/aromatic N) is 2. The van der Waals surface area contributed by atoms with Crippen LogP contribution in [0.25, 0.3) is 82.1 Å². The molecule has 0 fully saturated rings. The molecule has 0 aliphatic carbocycles. The Bertz CT molecular complexity index is 3000. The summed E-state index contributed by atoms with van der Waals surface area (Å²) in [5, 5.41) is 9.33. The quantitative estimate of drug-likeness (QED) is 0.192. The van der Waals surface area contributed by atoms with E-state index in [-0.39, 0.29) is 0 Å². The fourth-order valence-electron chi connectivity index (χ4n) is 7.93. The SMILES string of the molecule is c1ccc(-n2c3ccc(N(c4ccc5c(c4)oc4ccccc45)c4ccc5c(c4)oc4ccccc45)cc3c3c4ccccc4ccc32)cc1. The summed E-state index contributed by atoms with van der Waals surface area (Å²) in [6, 6.07) is 60.2. The predicted molar refractivity (Wildman–Crippen MR) is 208 cm³/mol. The van der Waals surface area contributed by atoms with E-state index in [0.29, 0.717) is 0 Å². The first kappa shape index (κ1) is 27.2. The minimum atomic E-state index is 0.853. The number of rotatable bonds is 4. The van der Waals surface area contributed by atoms with E-state index in [1.165, 1.54) is 27.1 Å². The minimum Gasteiger partial charge on any atom is -0.456 e. The monoisotopic (exact) mass is 640 g/mol. The highest BCUT2D eigenvalue weighted by Crippen LogP contribution is 2.44. The predicted octanol–water partition coefficient (Wildman–Crippen LogP) is 13.2. The smallest absolute Gasteiger partial charge is 0.137 e. The number of para-hydroxylation sites is 3. The normalized spacial score (nSPS) is 12.0. The van der Waals surface area contributed by atoms with Crippen LogP contribution in [0.4, 0.5) is 17.1 Å². The van der Waals surface area contributed by atoms with Gasteiger partial charge >= 0.3 is 0 Å². The van der Waals surface area contributed by atoms with E-state index >= 15 is 0 Å². The van der Waals surface area contributed by atoms with E-state index in [2.05, 4.69) is 155 Å². The third-order valence-electron chi connectivity index (χ3n) is 10.2. The summed E-state index contributed by atoms with van der Waals surface area (Å²) in [6.45, 7) is 0. The van der Waals surface area contributed by atoms with Crippen LogP contribution >= 0.6 is 0 Å². The van der Waals surface area contributed by atoms with Crippen molar-refractivity contribution in [1.82, 2.24) is 4.57 Å². The molecule has 234 valence electrons. The van der Waals surface area contributed by atoms with Crippen LogP contribution in [0.5, 0.6) is 0 Å². The number of hydrogen-bond donors (Lipinski definition) is 0. The lowest BCUT2D eigenvalue weighted by atomic mass is 10.0. The standard InChI is InChI=1S/C46H28N2O2/c1-2-11-30(12-3-1)48-40-25-21-31(26-39(40)46-34-13-5-4-10-29(34)18-24-41(46)48)47(32-19-22-37-35-14-6-8-16-42(35)49-44(37)27-32)33-20-23-38-36-15-7-9-17-43(36)50-45(38)28-33/h1-28H. The zero-order valence-electron chi connectivity index (χ0n) is 26.9. The molecule has 4 nitrogen and oxygen atoms in total. The number of furan rings is 2. The van der Waals surface area contributed by atoms with Crippen LogP contribution in [-0.2, 0) is 0 Å². The van der Waals surface area contributed by atoms with Crippen LogP contribution in [0, 0.1) is 0 Å². The van der Waals surface area contributed by atoms with Crippen LogP contribution in [0.1, 0.15) is 0 Å². The summed E-state index contributed by atoms with van der Waals surface area (Å²) in [4.78, 5) is 2.31. The second-order valence-electron chi connectivity index (χ2n) is 12.9. The molecule has 11 aromatic rings. The Morgan fingerprint density at radius 1 is 0.360 bits per heavy atom. The van der Waals surface area contributed by atoms with Gasteiger partial charge in [0.2, 0.25) is 0 Å². The van der Waals surface area contributed by atoms with Crippen LogP contribution < -0.4 is 4.90 Å². The summed E-state index contributed by atoms with van der Waals surface area (Å²) in [5.41, 5.74) is 10.0. The van der Waals surface area contributed by atoms with Gasteiger partial charge in [0.25, 0.3) is 0 Å². The van der Waals surface area contributed by atoms with Crippen molar-refractivity contribution >= 4 is 93.5 Å². The van der Waals surface area contributed by atoms with Crippen molar-refractivity contribution in [2.75, 3.05) is 4.90 Å². The minimum absolute atomic E-state index is 0.853. The molecule has 0 radical (unpaired) electrons. The molecule has 0 aliphatic rings. The lowest BCUT2D eigenvalue weighted by Gasteiger charge is -2.25. The highest BCUT2D eigenvalue weighted by Gasteiger charge is 2.21. The lowest BCUT2D eigenvalue weighted by Crippen LogP contribution is -2.09. The molecule has 8 aromatic carbocycles. The lowest BCUT2D eigenvalue weighted by molar-refractivity contribution is 0.669. The molecular weight excluding hydrogens is 613 g/mol. The van der Waals surface area contributed by atoms with Crippen LogP contribution in [0.3, 0.4) is 0 Å². The molecule has 0 saturated heterocycles. The van der Waals surface area contributed by atoms with Crippen LogP contribution in [0.15, 0.2) is 179 Å². The van der Waals surface area contributed by atoms with Crippen molar-refractivity contribution < 1.29 is 8.83 Å². The Hall–Kier alpha value is -6.78. The Kier molecular flexibility index (Phi) is 5.63. The second-order valence-corrected chi connectivity index (χ2v) is 12.9. The van der Waals surface area contributed by atoms with E-state index in [4.69, 9.17) is 8.83 Å². The maximum absolute atomic E-state index is 6.41. The first-order chi connectivity index (χ1) is 24.8. The number of benzene rings is 8. The maximum atomic E-state index is 6.41. The molecule has 11 rings (SSSR count). The maximum Gasteiger partial charge on any atom is 0.137 e. The Balaban J connectivity index is 1.20. The van der Waals surface area contributed by atoms with Gasteiger partial charge in [-0.25, -0.2) is 0 Å². The molecular formula is C46H28N2O2. The molecule has 4 heteroatoms. The largest absolute Gasteiger partial charge is 0.456 e. The van der Waals surface area contributed by atoms with Gasteiger partial charge < -0.3 is 18.3 Å². The Labute approximate surface area is 286 Å².